The molecule has 61 heavy (non-hydrogen) atoms. The molecule has 0 aliphatic carbocycles. The summed E-state index contributed by atoms with van der Waals surface area (Å²) in [5.74, 6) is -0.843. The van der Waals surface area contributed by atoms with E-state index in [1.165, 1.54) is 154 Å². The Morgan fingerprint density at radius 1 is 0.492 bits per heavy atom. The SMILES string of the molecule is CCCCC/C=C/C/C=C/C/C=C/CCCCCCC(=O)OC[C@H](COP(=O)(O)OCCN)OC(=O)CCCCCCCCCCCCCCCCCCCCCCCCC. The molecule has 0 heterocycles. The molecule has 0 aromatic carbocycles. The molecule has 0 saturated carbocycles. The van der Waals surface area contributed by atoms with Gasteiger partial charge in [0, 0.05) is 19.4 Å². The van der Waals surface area contributed by atoms with Crippen LogP contribution in [-0.4, -0.2) is 49.3 Å². The van der Waals surface area contributed by atoms with Gasteiger partial charge in [0.25, 0.3) is 0 Å². The predicted molar refractivity (Wildman–Crippen MR) is 257 cm³/mol. The number of nitrogens with two attached hydrogens (primary N) is 1. The Morgan fingerprint density at radius 2 is 0.852 bits per heavy atom. The van der Waals surface area contributed by atoms with Gasteiger partial charge >= 0.3 is 19.8 Å². The lowest BCUT2D eigenvalue weighted by atomic mass is 10.0. The zero-order valence-electron chi connectivity index (χ0n) is 39.7. The van der Waals surface area contributed by atoms with E-state index in [2.05, 4.69) is 50.3 Å². The third kappa shape index (κ3) is 47.5. The fourth-order valence-corrected chi connectivity index (χ4v) is 8.00. The van der Waals surface area contributed by atoms with Crippen molar-refractivity contribution in [3.05, 3.63) is 36.5 Å². The minimum absolute atomic E-state index is 0.0510. The van der Waals surface area contributed by atoms with Crippen LogP contribution in [0.3, 0.4) is 0 Å². The van der Waals surface area contributed by atoms with Gasteiger partial charge in [-0.1, -0.05) is 217 Å². The molecule has 0 bridgehead atoms. The van der Waals surface area contributed by atoms with Crippen LogP contribution in [0.1, 0.15) is 245 Å². The van der Waals surface area contributed by atoms with Crippen molar-refractivity contribution in [2.75, 3.05) is 26.4 Å². The van der Waals surface area contributed by atoms with Crippen LogP contribution in [0.5, 0.6) is 0 Å². The van der Waals surface area contributed by atoms with E-state index in [1.54, 1.807) is 0 Å². The van der Waals surface area contributed by atoms with Crippen LogP contribution < -0.4 is 5.73 Å². The standard InChI is InChI=1S/C51H96NO8P/c1-3-5-7-9-11-13-15-17-19-21-22-23-24-25-26-28-30-32-34-36-38-40-42-44-51(54)60-49(48-59-61(55,56)58-46-45-52)47-57-50(53)43-41-39-37-35-33-31-29-27-20-18-16-14-12-10-8-6-4-2/h12,14,18,20,29,31,49H,3-11,13,15-17,19,21-28,30,32-48,52H2,1-2H3,(H,55,56)/b14-12+,20-18+,31-29+/t49-/m1/s1. The number of carbonyl (C=O) groups is 2. The van der Waals surface area contributed by atoms with Crippen molar-refractivity contribution in [3.63, 3.8) is 0 Å². The van der Waals surface area contributed by atoms with Crippen molar-refractivity contribution in [1.29, 1.82) is 0 Å². The van der Waals surface area contributed by atoms with Gasteiger partial charge in [-0.2, -0.15) is 0 Å². The summed E-state index contributed by atoms with van der Waals surface area (Å²) < 4.78 is 32.9. The molecule has 1 unspecified atom stereocenters. The molecule has 0 saturated heterocycles. The Kier molecular flexibility index (Phi) is 46.3. The third-order valence-corrected chi connectivity index (χ3v) is 12.0. The van der Waals surface area contributed by atoms with E-state index >= 15 is 0 Å². The van der Waals surface area contributed by atoms with Gasteiger partial charge in [0.15, 0.2) is 6.10 Å². The highest BCUT2D eigenvalue weighted by Crippen LogP contribution is 2.43. The number of allylic oxidation sites excluding steroid dienone is 6. The second-order valence-corrected chi connectivity index (χ2v) is 18.5. The molecule has 0 fully saturated rings. The Bertz CT molecular complexity index is 1100. The Hall–Kier alpha value is -1.77. The maximum Gasteiger partial charge on any atom is 0.472 e. The Morgan fingerprint density at radius 3 is 1.30 bits per heavy atom. The fourth-order valence-electron chi connectivity index (χ4n) is 7.23. The van der Waals surface area contributed by atoms with Crippen molar-refractivity contribution < 1.29 is 37.6 Å². The van der Waals surface area contributed by atoms with E-state index < -0.39 is 32.5 Å². The Balaban J connectivity index is 4.04. The molecule has 0 aromatic rings. The van der Waals surface area contributed by atoms with Crippen molar-refractivity contribution >= 4 is 19.8 Å². The lowest BCUT2D eigenvalue weighted by molar-refractivity contribution is -0.161. The van der Waals surface area contributed by atoms with E-state index in [0.717, 1.165) is 51.4 Å². The first-order valence-electron chi connectivity index (χ1n) is 25.5. The number of phosphoric acid groups is 1. The highest BCUT2D eigenvalue weighted by atomic mass is 31.2. The number of unbranched alkanes of at least 4 members (excludes halogenated alkanes) is 29. The Labute approximate surface area is 375 Å². The van der Waals surface area contributed by atoms with Gasteiger partial charge in [-0.05, 0) is 51.4 Å². The summed E-state index contributed by atoms with van der Waals surface area (Å²) in [6.45, 7) is 3.72. The van der Waals surface area contributed by atoms with Gasteiger partial charge in [0.1, 0.15) is 6.61 Å². The minimum atomic E-state index is -4.39. The molecule has 0 spiro atoms. The van der Waals surface area contributed by atoms with Crippen molar-refractivity contribution in [2.24, 2.45) is 5.73 Å². The summed E-state index contributed by atoms with van der Waals surface area (Å²) in [4.78, 5) is 35.0. The topological polar surface area (TPSA) is 134 Å². The van der Waals surface area contributed by atoms with Crippen LogP contribution >= 0.6 is 7.82 Å². The maximum atomic E-state index is 12.6. The van der Waals surface area contributed by atoms with Gasteiger partial charge in [-0.25, -0.2) is 4.57 Å². The van der Waals surface area contributed by atoms with Gasteiger partial charge in [-0.15, -0.1) is 0 Å². The molecular weight excluding hydrogens is 786 g/mol. The number of phosphoric ester groups is 1. The molecule has 0 aliphatic rings. The molecular formula is C51H96NO8P. The average molecular weight is 882 g/mol. The van der Waals surface area contributed by atoms with Crippen molar-refractivity contribution in [2.45, 2.75) is 251 Å². The molecule has 0 aliphatic heterocycles. The first-order valence-corrected chi connectivity index (χ1v) is 27.0. The van der Waals surface area contributed by atoms with Crippen molar-refractivity contribution in [3.8, 4) is 0 Å². The van der Waals surface area contributed by atoms with E-state index in [0.29, 0.717) is 12.8 Å². The average Bonchev–Trinajstić information content (AvgIpc) is 3.25. The first-order chi connectivity index (χ1) is 29.8. The quantitative estimate of drug-likeness (QED) is 0.0265. The summed E-state index contributed by atoms with van der Waals surface area (Å²) in [7, 11) is -4.39. The fraction of sp³-hybridized carbons (Fsp3) is 0.843. The highest BCUT2D eigenvalue weighted by molar-refractivity contribution is 7.47. The van der Waals surface area contributed by atoms with Gasteiger partial charge in [0.2, 0.25) is 0 Å². The monoisotopic (exact) mass is 882 g/mol. The van der Waals surface area contributed by atoms with Gasteiger partial charge in [0.05, 0.1) is 13.2 Å². The number of rotatable bonds is 48. The second-order valence-electron chi connectivity index (χ2n) is 17.0. The van der Waals surface area contributed by atoms with Crippen LogP contribution in [0.15, 0.2) is 36.5 Å². The van der Waals surface area contributed by atoms with E-state index in [1.807, 2.05) is 0 Å². The third-order valence-electron chi connectivity index (χ3n) is 11.0. The minimum Gasteiger partial charge on any atom is -0.462 e. The number of esters is 2. The smallest absolute Gasteiger partial charge is 0.462 e. The van der Waals surface area contributed by atoms with Crippen LogP contribution in [0.4, 0.5) is 0 Å². The number of ether oxygens (including phenoxy) is 2. The number of hydrogen-bond donors (Lipinski definition) is 2. The molecule has 0 radical (unpaired) electrons. The summed E-state index contributed by atoms with van der Waals surface area (Å²) in [6, 6.07) is 0. The largest absolute Gasteiger partial charge is 0.472 e. The highest BCUT2D eigenvalue weighted by Gasteiger charge is 2.26. The van der Waals surface area contributed by atoms with E-state index in [4.69, 9.17) is 24.3 Å². The van der Waals surface area contributed by atoms with Crippen LogP contribution in [0, 0.1) is 0 Å². The zero-order valence-corrected chi connectivity index (χ0v) is 40.5. The summed E-state index contributed by atoms with van der Waals surface area (Å²) in [6.07, 6.45) is 54.7. The molecule has 9 nitrogen and oxygen atoms in total. The first kappa shape index (κ1) is 59.2. The van der Waals surface area contributed by atoms with Crippen molar-refractivity contribution in [1.82, 2.24) is 0 Å². The summed E-state index contributed by atoms with van der Waals surface area (Å²) in [5, 5.41) is 0. The summed E-state index contributed by atoms with van der Waals surface area (Å²) >= 11 is 0. The molecule has 0 rings (SSSR count). The molecule has 0 amide bonds. The molecule has 2 atom stereocenters. The number of hydrogen-bond acceptors (Lipinski definition) is 8. The maximum absolute atomic E-state index is 12.6. The lowest BCUT2D eigenvalue weighted by Gasteiger charge is -2.19. The molecule has 0 aromatic heterocycles. The molecule has 3 N–H and O–H groups in total. The van der Waals surface area contributed by atoms with E-state index in [9.17, 15) is 19.0 Å². The zero-order chi connectivity index (χ0) is 44.6. The van der Waals surface area contributed by atoms with E-state index in [-0.39, 0.29) is 32.6 Å². The van der Waals surface area contributed by atoms with Crippen LogP contribution in [-0.2, 0) is 32.7 Å². The summed E-state index contributed by atoms with van der Waals surface area (Å²) in [5.41, 5.74) is 5.36. The molecule has 358 valence electrons. The molecule has 10 heteroatoms. The van der Waals surface area contributed by atoms with Crippen LogP contribution in [0.25, 0.3) is 0 Å². The van der Waals surface area contributed by atoms with Crippen LogP contribution in [0.2, 0.25) is 0 Å². The normalized spacial score (nSPS) is 13.4. The van der Waals surface area contributed by atoms with Gasteiger partial charge < -0.3 is 20.1 Å². The number of carbonyl (C=O) groups excluding carboxylic acids is 2. The predicted octanol–water partition coefficient (Wildman–Crippen LogP) is 15.3. The lowest BCUT2D eigenvalue weighted by Crippen LogP contribution is -2.29. The second kappa shape index (κ2) is 47.7. The van der Waals surface area contributed by atoms with Gasteiger partial charge in [-0.3, -0.25) is 18.6 Å².